The lowest BCUT2D eigenvalue weighted by Crippen LogP contribution is -2.21. The number of nitrogens with one attached hydrogen (secondary N) is 2. The largest absolute Gasteiger partial charge is 0.376 e. The number of nitrogens with zero attached hydrogens (tertiary/aromatic N) is 4. The van der Waals surface area contributed by atoms with Gasteiger partial charge in [0.25, 0.3) is 0 Å². The first-order chi connectivity index (χ1) is 10.3. The summed E-state index contributed by atoms with van der Waals surface area (Å²) in [4.78, 5) is 0.948. The fourth-order valence-corrected chi connectivity index (χ4v) is 2.32. The Labute approximate surface area is 127 Å². The Kier molecular flexibility index (Phi) is 5.40. The van der Waals surface area contributed by atoms with Gasteiger partial charge in [-0.25, -0.2) is 17.5 Å². The first kappa shape index (κ1) is 17.4. The molecule has 0 bridgehead atoms. The topological polar surface area (TPSA) is 121 Å². The van der Waals surface area contributed by atoms with Crippen LogP contribution in [0.4, 0.5) is 15.8 Å². The van der Waals surface area contributed by atoms with Crippen LogP contribution >= 0.6 is 0 Å². The second-order valence-corrected chi connectivity index (χ2v) is 6.05. The third-order valence-electron chi connectivity index (χ3n) is 2.59. The highest BCUT2D eigenvalue weighted by atomic mass is 32.2. The van der Waals surface area contributed by atoms with Crippen molar-refractivity contribution in [2.45, 2.75) is 4.90 Å². The van der Waals surface area contributed by atoms with E-state index in [0.29, 0.717) is 5.69 Å². The summed E-state index contributed by atoms with van der Waals surface area (Å²) in [6.45, 7) is 0. The summed E-state index contributed by atoms with van der Waals surface area (Å²) in [6.07, 6.45) is 0. The molecule has 0 saturated carbocycles. The molecule has 0 fully saturated rings. The average Bonchev–Trinajstić information content (AvgIpc) is 2.48. The van der Waals surface area contributed by atoms with Gasteiger partial charge in [0.1, 0.15) is 22.9 Å². The fourth-order valence-electron chi connectivity index (χ4n) is 1.51. The number of nitriles is 2. The van der Waals surface area contributed by atoms with Crippen LogP contribution in [0.3, 0.4) is 0 Å². The van der Waals surface area contributed by atoms with Gasteiger partial charge in [-0.05, 0) is 13.1 Å². The zero-order valence-electron chi connectivity index (χ0n) is 12.0. The standard InChI is InChI=1S/C12H13FN6O2S/c1-16-22(20,21)12-5-10(18-17-8(6-14)7-15)11(19(2)3)4-9(12)13/h4-5,16,18H,1-3H3. The number of sulfonamides is 1. The van der Waals surface area contributed by atoms with Gasteiger partial charge >= 0.3 is 0 Å². The van der Waals surface area contributed by atoms with Gasteiger partial charge in [0, 0.05) is 20.2 Å². The number of rotatable bonds is 5. The highest BCUT2D eigenvalue weighted by molar-refractivity contribution is 7.89. The normalized spacial score (nSPS) is 10.3. The quantitative estimate of drug-likeness (QED) is 0.605. The molecule has 0 aromatic heterocycles. The molecule has 0 amide bonds. The van der Waals surface area contributed by atoms with Crippen molar-refractivity contribution >= 4 is 27.1 Å². The van der Waals surface area contributed by atoms with Crippen LogP contribution in [0.1, 0.15) is 0 Å². The lowest BCUT2D eigenvalue weighted by atomic mass is 10.2. The summed E-state index contributed by atoms with van der Waals surface area (Å²) in [5, 5.41) is 20.8. The predicted octanol–water partition coefficient (Wildman–Crippen LogP) is 0.615. The third-order valence-corrected chi connectivity index (χ3v) is 4.02. The molecule has 22 heavy (non-hydrogen) atoms. The molecule has 0 aliphatic heterocycles. The van der Waals surface area contributed by atoms with E-state index in [0.717, 1.165) is 19.2 Å². The second kappa shape index (κ2) is 6.85. The molecule has 1 aromatic carbocycles. The van der Waals surface area contributed by atoms with Crippen LogP contribution in [0, 0.1) is 28.5 Å². The molecule has 10 heteroatoms. The van der Waals surface area contributed by atoms with Crippen molar-refractivity contribution in [1.82, 2.24) is 4.72 Å². The van der Waals surface area contributed by atoms with Crippen molar-refractivity contribution in [3.63, 3.8) is 0 Å². The summed E-state index contributed by atoms with van der Waals surface area (Å²) >= 11 is 0. The molecule has 0 aliphatic rings. The number of hydrazone groups is 1. The molecular weight excluding hydrogens is 311 g/mol. The van der Waals surface area contributed by atoms with E-state index in [-0.39, 0.29) is 5.69 Å². The molecular formula is C12H13FN6O2S. The van der Waals surface area contributed by atoms with Crippen molar-refractivity contribution in [1.29, 1.82) is 10.5 Å². The van der Waals surface area contributed by atoms with Gasteiger partial charge in [-0.2, -0.15) is 15.6 Å². The summed E-state index contributed by atoms with van der Waals surface area (Å²) in [5.41, 5.74) is 2.38. The summed E-state index contributed by atoms with van der Waals surface area (Å²) in [5.74, 6) is -0.937. The van der Waals surface area contributed by atoms with E-state index in [2.05, 4.69) is 10.5 Å². The third kappa shape index (κ3) is 3.69. The SMILES string of the molecule is CNS(=O)(=O)c1cc(NN=C(C#N)C#N)c(N(C)C)cc1F. The van der Waals surface area contributed by atoms with E-state index in [1.54, 1.807) is 26.2 Å². The van der Waals surface area contributed by atoms with Crippen LogP contribution in [-0.2, 0) is 10.0 Å². The maximum Gasteiger partial charge on any atom is 0.243 e. The van der Waals surface area contributed by atoms with Gasteiger partial charge in [-0.3, -0.25) is 5.43 Å². The molecule has 116 valence electrons. The Morgan fingerprint density at radius 1 is 1.32 bits per heavy atom. The van der Waals surface area contributed by atoms with E-state index < -0.39 is 26.4 Å². The molecule has 0 spiro atoms. The highest BCUT2D eigenvalue weighted by Crippen LogP contribution is 2.30. The zero-order valence-corrected chi connectivity index (χ0v) is 12.9. The van der Waals surface area contributed by atoms with Crippen LogP contribution in [0.15, 0.2) is 22.1 Å². The predicted molar refractivity (Wildman–Crippen MR) is 79.3 cm³/mol. The van der Waals surface area contributed by atoms with Gasteiger partial charge in [0.15, 0.2) is 0 Å². The molecule has 1 aromatic rings. The molecule has 0 heterocycles. The number of benzene rings is 1. The van der Waals surface area contributed by atoms with E-state index in [1.165, 1.54) is 4.90 Å². The van der Waals surface area contributed by atoms with E-state index in [1.807, 2.05) is 4.72 Å². The van der Waals surface area contributed by atoms with Crippen molar-refractivity contribution in [2.75, 3.05) is 31.5 Å². The molecule has 0 unspecified atom stereocenters. The van der Waals surface area contributed by atoms with Crippen molar-refractivity contribution in [2.24, 2.45) is 5.10 Å². The van der Waals surface area contributed by atoms with E-state index in [4.69, 9.17) is 10.5 Å². The van der Waals surface area contributed by atoms with Crippen molar-refractivity contribution in [3.8, 4) is 12.1 Å². The van der Waals surface area contributed by atoms with Gasteiger partial charge in [-0.15, -0.1) is 0 Å². The van der Waals surface area contributed by atoms with Crippen molar-refractivity contribution < 1.29 is 12.8 Å². The molecule has 0 atom stereocenters. The van der Waals surface area contributed by atoms with Gasteiger partial charge in [-0.1, -0.05) is 0 Å². The monoisotopic (exact) mass is 324 g/mol. The lowest BCUT2D eigenvalue weighted by Gasteiger charge is -2.18. The highest BCUT2D eigenvalue weighted by Gasteiger charge is 2.21. The molecule has 0 radical (unpaired) electrons. The van der Waals surface area contributed by atoms with Crippen molar-refractivity contribution in [3.05, 3.63) is 17.9 Å². The van der Waals surface area contributed by atoms with Crippen LogP contribution in [0.2, 0.25) is 0 Å². The zero-order chi connectivity index (χ0) is 16.9. The lowest BCUT2D eigenvalue weighted by molar-refractivity contribution is 0.561. The molecule has 8 nitrogen and oxygen atoms in total. The van der Waals surface area contributed by atoms with Gasteiger partial charge < -0.3 is 4.90 Å². The summed E-state index contributed by atoms with van der Waals surface area (Å²) in [6, 6.07) is 5.14. The maximum atomic E-state index is 14.0. The minimum absolute atomic E-state index is 0.128. The number of halogens is 1. The Hall–Kier alpha value is -2.69. The van der Waals surface area contributed by atoms with Crippen LogP contribution in [-0.4, -0.2) is 35.3 Å². The minimum Gasteiger partial charge on any atom is -0.376 e. The van der Waals surface area contributed by atoms with Crippen LogP contribution < -0.4 is 15.0 Å². The number of anilines is 2. The molecule has 0 saturated heterocycles. The van der Waals surface area contributed by atoms with Crippen LogP contribution in [0.5, 0.6) is 0 Å². The first-order valence-corrected chi connectivity index (χ1v) is 7.33. The Morgan fingerprint density at radius 3 is 2.36 bits per heavy atom. The number of hydrogen-bond donors (Lipinski definition) is 2. The molecule has 2 N–H and O–H groups in total. The Balaban J connectivity index is 3.48. The van der Waals surface area contributed by atoms with E-state index >= 15 is 0 Å². The first-order valence-electron chi connectivity index (χ1n) is 5.85. The average molecular weight is 324 g/mol. The minimum atomic E-state index is -4.01. The van der Waals surface area contributed by atoms with E-state index in [9.17, 15) is 12.8 Å². The van der Waals surface area contributed by atoms with Gasteiger partial charge in [0.2, 0.25) is 15.7 Å². The Bertz CT molecular complexity index is 773. The summed E-state index contributed by atoms with van der Waals surface area (Å²) in [7, 11) is 0.384. The summed E-state index contributed by atoms with van der Waals surface area (Å²) < 4.78 is 39.5. The molecule has 1 rings (SSSR count). The maximum absolute atomic E-state index is 14.0. The second-order valence-electron chi connectivity index (χ2n) is 4.20. The Morgan fingerprint density at radius 2 is 1.91 bits per heavy atom. The fraction of sp³-hybridized carbons (Fsp3) is 0.250. The molecule has 0 aliphatic carbocycles. The number of hydrogen-bond acceptors (Lipinski definition) is 7. The smallest absolute Gasteiger partial charge is 0.243 e. The van der Waals surface area contributed by atoms with Crippen LogP contribution in [0.25, 0.3) is 0 Å². The van der Waals surface area contributed by atoms with Gasteiger partial charge in [0.05, 0.1) is 11.4 Å².